The van der Waals surface area contributed by atoms with E-state index in [1.54, 1.807) is 30.3 Å². The third-order valence-corrected chi connectivity index (χ3v) is 5.60. The quantitative estimate of drug-likeness (QED) is 0.781. The Labute approximate surface area is 145 Å². The van der Waals surface area contributed by atoms with E-state index < -0.39 is 0 Å². The van der Waals surface area contributed by atoms with Crippen LogP contribution in [0.15, 0.2) is 18.6 Å². The Morgan fingerprint density at radius 1 is 1.38 bits per heavy atom. The standard InChI is InChI=1S/C17H22N4O2S/c1-11(2)16-18-9-15(24-16)17(23)21-6-4-5-13(21)7-14(22)12-8-19-20(3)10-12/h8-11,13H,4-7H2,1-3H3. The fraction of sp³-hybridized carbons (Fsp3) is 0.529. The minimum atomic E-state index is -0.0326. The topological polar surface area (TPSA) is 68.1 Å². The Bertz CT molecular complexity index is 749. The molecule has 1 atom stereocenters. The van der Waals surface area contributed by atoms with Crippen LogP contribution in [0.2, 0.25) is 0 Å². The van der Waals surface area contributed by atoms with Gasteiger partial charge in [0, 0.05) is 38.2 Å². The molecule has 0 aromatic carbocycles. The molecule has 0 radical (unpaired) electrons. The molecule has 1 amide bonds. The number of aromatic nitrogens is 3. The number of thiazole rings is 1. The number of likely N-dealkylation sites (tertiary alicyclic amines) is 1. The molecular formula is C17H22N4O2S. The SMILES string of the molecule is CC(C)c1ncc(C(=O)N2CCCC2CC(=O)c2cnn(C)c2)s1. The number of hydrogen-bond donors (Lipinski definition) is 0. The Morgan fingerprint density at radius 3 is 2.79 bits per heavy atom. The zero-order chi connectivity index (χ0) is 17.3. The minimum Gasteiger partial charge on any atom is -0.334 e. The highest BCUT2D eigenvalue weighted by molar-refractivity contribution is 7.13. The van der Waals surface area contributed by atoms with E-state index >= 15 is 0 Å². The van der Waals surface area contributed by atoms with Gasteiger partial charge in [0.2, 0.25) is 0 Å². The highest BCUT2D eigenvalue weighted by Crippen LogP contribution is 2.27. The Kier molecular flexibility index (Phi) is 4.80. The lowest BCUT2D eigenvalue weighted by atomic mass is 10.0. The monoisotopic (exact) mass is 346 g/mol. The van der Waals surface area contributed by atoms with Crippen LogP contribution in [0.1, 0.15) is 64.1 Å². The lowest BCUT2D eigenvalue weighted by Crippen LogP contribution is -2.36. The van der Waals surface area contributed by atoms with Crippen molar-refractivity contribution in [2.45, 2.75) is 45.1 Å². The van der Waals surface area contributed by atoms with Gasteiger partial charge in [0.15, 0.2) is 5.78 Å². The van der Waals surface area contributed by atoms with E-state index in [-0.39, 0.29) is 17.7 Å². The van der Waals surface area contributed by atoms with E-state index in [4.69, 9.17) is 0 Å². The van der Waals surface area contributed by atoms with Gasteiger partial charge in [-0.1, -0.05) is 13.8 Å². The van der Waals surface area contributed by atoms with Crippen LogP contribution in [0.4, 0.5) is 0 Å². The molecule has 6 nitrogen and oxygen atoms in total. The molecule has 3 heterocycles. The normalized spacial score (nSPS) is 17.7. The van der Waals surface area contributed by atoms with Crippen molar-refractivity contribution in [3.63, 3.8) is 0 Å². The second-order valence-electron chi connectivity index (χ2n) is 6.54. The van der Waals surface area contributed by atoms with Crippen molar-refractivity contribution in [3.8, 4) is 0 Å². The molecular weight excluding hydrogens is 324 g/mol. The zero-order valence-electron chi connectivity index (χ0n) is 14.2. The summed E-state index contributed by atoms with van der Waals surface area (Å²) in [5.74, 6) is 0.360. The van der Waals surface area contributed by atoms with Crippen molar-refractivity contribution >= 4 is 23.0 Å². The van der Waals surface area contributed by atoms with Gasteiger partial charge in [-0.3, -0.25) is 14.3 Å². The maximum atomic E-state index is 12.8. The first-order valence-corrected chi connectivity index (χ1v) is 9.06. The number of hydrogen-bond acceptors (Lipinski definition) is 5. The van der Waals surface area contributed by atoms with E-state index in [9.17, 15) is 9.59 Å². The van der Waals surface area contributed by atoms with Crippen LogP contribution in [-0.2, 0) is 7.05 Å². The highest BCUT2D eigenvalue weighted by atomic mass is 32.1. The number of nitrogens with zero attached hydrogens (tertiary/aromatic N) is 4. The fourth-order valence-electron chi connectivity index (χ4n) is 3.01. The second kappa shape index (κ2) is 6.84. The number of rotatable bonds is 5. The molecule has 0 aliphatic carbocycles. The number of aryl methyl sites for hydroxylation is 1. The van der Waals surface area contributed by atoms with Gasteiger partial charge in [0.25, 0.3) is 5.91 Å². The number of Topliss-reactive ketones (excluding diaryl/α,β-unsaturated/α-hetero) is 1. The van der Waals surface area contributed by atoms with Crippen molar-refractivity contribution < 1.29 is 9.59 Å². The summed E-state index contributed by atoms with van der Waals surface area (Å²) in [6, 6.07) is -0.0326. The largest absolute Gasteiger partial charge is 0.334 e. The number of carbonyl (C=O) groups is 2. The molecule has 1 saturated heterocycles. The molecule has 1 aliphatic heterocycles. The predicted molar refractivity (Wildman–Crippen MR) is 92.4 cm³/mol. The molecule has 0 saturated carbocycles. The average Bonchev–Trinajstić information content (AvgIpc) is 3.26. The predicted octanol–water partition coefficient (Wildman–Crippen LogP) is 2.88. The molecule has 2 aromatic heterocycles. The Hall–Kier alpha value is -2.02. The van der Waals surface area contributed by atoms with E-state index in [2.05, 4.69) is 23.9 Å². The summed E-state index contributed by atoms with van der Waals surface area (Å²) in [4.78, 5) is 32.0. The van der Waals surface area contributed by atoms with Gasteiger partial charge >= 0.3 is 0 Å². The summed E-state index contributed by atoms with van der Waals surface area (Å²) in [7, 11) is 1.79. The number of ketones is 1. The average molecular weight is 346 g/mol. The molecule has 3 rings (SSSR count). The second-order valence-corrected chi connectivity index (χ2v) is 7.60. The van der Waals surface area contributed by atoms with Crippen molar-refractivity contribution in [1.82, 2.24) is 19.7 Å². The van der Waals surface area contributed by atoms with Crippen LogP contribution >= 0.6 is 11.3 Å². The Morgan fingerprint density at radius 2 is 2.17 bits per heavy atom. The number of amides is 1. The van der Waals surface area contributed by atoms with Crippen LogP contribution in [0.5, 0.6) is 0 Å². The minimum absolute atomic E-state index is 0.000821. The van der Waals surface area contributed by atoms with Crippen LogP contribution in [0, 0.1) is 0 Å². The molecule has 24 heavy (non-hydrogen) atoms. The fourth-order valence-corrected chi connectivity index (χ4v) is 3.88. The molecule has 0 N–H and O–H groups in total. The molecule has 0 spiro atoms. The number of carbonyl (C=O) groups excluding carboxylic acids is 2. The molecule has 1 aliphatic rings. The lowest BCUT2D eigenvalue weighted by Gasteiger charge is -2.23. The van der Waals surface area contributed by atoms with Gasteiger partial charge in [0.1, 0.15) is 4.88 Å². The first kappa shape index (κ1) is 16.8. The van der Waals surface area contributed by atoms with Gasteiger partial charge in [-0.05, 0) is 12.8 Å². The smallest absolute Gasteiger partial charge is 0.265 e. The summed E-state index contributed by atoms with van der Waals surface area (Å²) < 4.78 is 1.62. The summed E-state index contributed by atoms with van der Waals surface area (Å²) in [6.07, 6.45) is 7.14. The summed E-state index contributed by atoms with van der Waals surface area (Å²) in [5.41, 5.74) is 0.608. The van der Waals surface area contributed by atoms with Gasteiger partial charge < -0.3 is 4.90 Å². The highest BCUT2D eigenvalue weighted by Gasteiger charge is 2.32. The first-order valence-electron chi connectivity index (χ1n) is 8.24. The Balaban J connectivity index is 1.70. The van der Waals surface area contributed by atoms with Gasteiger partial charge in [0.05, 0.1) is 23.0 Å². The van der Waals surface area contributed by atoms with Crippen LogP contribution in [-0.4, -0.2) is 43.9 Å². The zero-order valence-corrected chi connectivity index (χ0v) is 15.0. The first-order chi connectivity index (χ1) is 11.5. The van der Waals surface area contributed by atoms with Crippen molar-refractivity contribution in [1.29, 1.82) is 0 Å². The lowest BCUT2D eigenvalue weighted by molar-refractivity contribution is 0.0721. The summed E-state index contributed by atoms with van der Waals surface area (Å²) in [6.45, 7) is 4.84. The van der Waals surface area contributed by atoms with Crippen LogP contribution in [0.3, 0.4) is 0 Å². The maximum absolute atomic E-state index is 12.8. The third kappa shape index (κ3) is 3.40. The molecule has 1 unspecified atom stereocenters. The van der Waals surface area contributed by atoms with Gasteiger partial charge in [-0.25, -0.2) is 4.98 Å². The molecule has 128 valence electrons. The van der Waals surface area contributed by atoms with Crippen molar-refractivity contribution in [2.75, 3.05) is 6.54 Å². The molecule has 7 heteroatoms. The molecule has 0 bridgehead atoms. The van der Waals surface area contributed by atoms with Crippen LogP contribution < -0.4 is 0 Å². The van der Waals surface area contributed by atoms with E-state index in [1.807, 2.05) is 4.90 Å². The summed E-state index contributed by atoms with van der Waals surface area (Å²) in [5, 5.41) is 5.01. The van der Waals surface area contributed by atoms with E-state index in [0.717, 1.165) is 17.8 Å². The molecule has 1 fully saturated rings. The van der Waals surface area contributed by atoms with Gasteiger partial charge in [-0.15, -0.1) is 11.3 Å². The van der Waals surface area contributed by atoms with E-state index in [1.165, 1.54) is 11.3 Å². The summed E-state index contributed by atoms with van der Waals surface area (Å²) >= 11 is 1.46. The van der Waals surface area contributed by atoms with E-state index in [0.29, 0.717) is 29.3 Å². The van der Waals surface area contributed by atoms with Gasteiger partial charge in [-0.2, -0.15) is 5.10 Å². The maximum Gasteiger partial charge on any atom is 0.265 e. The molecule has 2 aromatic rings. The van der Waals surface area contributed by atoms with Crippen molar-refractivity contribution in [3.05, 3.63) is 34.0 Å². The van der Waals surface area contributed by atoms with Crippen LogP contribution in [0.25, 0.3) is 0 Å². The third-order valence-electron chi connectivity index (χ3n) is 4.31. The van der Waals surface area contributed by atoms with Crippen molar-refractivity contribution in [2.24, 2.45) is 7.05 Å².